The monoisotopic (exact) mass is 692 g/mol. The van der Waals surface area contributed by atoms with Gasteiger partial charge in [-0.1, -0.05) is 48.5 Å². The molecule has 8 atom stereocenters. The Kier molecular flexibility index (Phi) is 12.5. The number of phenolic OH excluding ortho intramolecular Hbond substituents is 2. The van der Waals surface area contributed by atoms with Gasteiger partial charge in [0.1, 0.15) is 42.0 Å². The molecule has 0 radical (unpaired) electrons. The van der Waals surface area contributed by atoms with Crippen LogP contribution in [0.15, 0.2) is 82.8 Å². The number of esters is 1. The normalized spacial score (nSPS) is 23.0. The van der Waals surface area contributed by atoms with Crippen LogP contribution in [0.3, 0.4) is 0 Å². The predicted molar refractivity (Wildman–Crippen MR) is 182 cm³/mol. The molecule has 1 fully saturated rings. The molecule has 0 amide bonds. The standard InChI is InChI=1S/C36H40N2O12/c1-20(41)47-35-33(45)31(19-40)50-36(34(35)46)49-29(16-37-14-21-10-12-27(42)25-8-4-2-6-23(21)25)30(18-39)48-32(44)17-38-15-22-11-13-28(43)26-9-5-3-7-24(22)26/h2-15,29-36,39-40,42-46H,16-19H2,1H3/t29-,30-,31+,32-,33+,34+,35-,36+/m1/s1. The maximum absolute atomic E-state index is 11.7. The SMILES string of the molecule is CC(=O)O[C@H]1[C@H](O)[C@@H](O[C@H](CN=Cc2ccc(O)c3ccccc23)[C@@H](CO)O[C@@H](O)CN=Cc2ccc(O)c3ccccc23)O[C@@H](CO)[C@@H]1O. The van der Waals surface area contributed by atoms with E-state index in [9.17, 15) is 40.5 Å². The summed E-state index contributed by atoms with van der Waals surface area (Å²) in [5.74, 6) is -0.590. The topological polar surface area (TPSA) is 220 Å². The summed E-state index contributed by atoms with van der Waals surface area (Å²) in [4.78, 5) is 20.5. The first-order chi connectivity index (χ1) is 24.1. The number of carbonyl (C=O) groups is 1. The van der Waals surface area contributed by atoms with Crippen LogP contribution in [0, 0.1) is 0 Å². The van der Waals surface area contributed by atoms with Crippen molar-refractivity contribution in [2.75, 3.05) is 26.3 Å². The van der Waals surface area contributed by atoms with Crippen molar-refractivity contribution in [2.45, 2.75) is 56.1 Å². The number of hydrogen-bond acceptors (Lipinski definition) is 14. The van der Waals surface area contributed by atoms with Crippen molar-refractivity contribution < 1.29 is 59.5 Å². The lowest BCUT2D eigenvalue weighted by Crippen LogP contribution is -2.61. The van der Waals surface area contributed by atoms with E-state index < -0.39 is 68.4 Å². The zero-order valence-electron chi connectivity index (χ0n) is 27.1. The highest BCUT2D eigenvalue weighted by molar-refractivity contribution is 6.03. The third-order valence-corrected chi connectivity index (χ3v) is 8.24. The number of rotatable bonds is 14. The molecule has 1 saturated heterocycles. The molecule has 0 aromatic heterocycles. The number of aliphatic imine (C=N–C) groups is 2. The highest BCUT2D eigenvalue weighted by Crippen LogP contribution is 2.29. The molecule has 0 saturated carbocycles. The summed E-state index contributed by atoms with van der Waals surface area (Å²) in [5.41, 5.74) is 1.34. The minimum atomic E-state index is -1.72. The van der Waals surface area contributed by atoms with Crippen LogP contribution >= 0.6 is 0 Å². The molecule has 0 bridgehead atoms. The second-order valence-corrected chi connectivity index (χ2v) is 11.7. The molecule has 14 nitrogen and oxygen atoms in total. The van der Waals surface area contributed by atoms with Gasteiger partial charge in [0.2, 0.25) is 0 Å². The number of benzene rings is 4. The van der Waals surface area contributed by atoms with Crippen LogP contribution < -0.4 is 0 Å². The number of aliphatic hydroxyl groups is 5. The number of ether oxygens (including phenoxy) is 4. The van der Waals surface area contributed by atoms with Crippen molar-refractivity contribution in [1.29, 1.82) is 0 Å². The Morgan fingerprint density at radius 1 is 0.800 bits per heavy atom. The Morgan fingerprint density at radius 2 is 1.34 bits per heavy atom. The number of aliphatic hydroxyl groups excluding tert-OH is 5. The summed E-state index contributed by atoms with van der Waals surface area (Å²) in [5, 5.41) is 75.6. The van der Waals surface area contributed by atoms with Crippen LogP contribution in [-0.4, -0.2) is 130 Å². The van der Waals surface area contributed by atoms with E-state index in [1.807, 2.05) is 24.3 Å². The fourth-order valence-corrected chi connectivity index (χ4v) is 5.74. The van der Waals surface area contributed by atoms with Crippen LogP contribution in [0.2, 0.25) is 0 Å². The summed E-state index contributed by atoms with van der Waals surface area (Å²) in [7, 11) is 0. The number of hydrogen-bond donors (Lipinski definition) is 7. The van der Waals surface area contributed by atoms with E-state index in [0.29, 0.717) is 27.3 Å². The first-order valence-corrected chi connectivity index (χ1v) is 15.9. The Balaban J connectivity index is 1.36. The Bertz CT molecular complexity index is 1820. The first-order valence-electron chi connectivity index (χ1n) is 15.9. The van der Waals surface area contributed by atoms with Crippen molar-refractivity contribution in [3.63, 3.8) is 0 Å². The highest BCUT2D eigenvalue weighted by Gasteiger charge is 2.48. The molecule has 266 valence electrons. The van der Waals surface area contributed by atoms with Crippen LogP contribution in [0.4, 0.5) is 0 Å². The summed E-state index contributed by atoms with van der Waals surface area (Å²) < 4.78 is 22.5. The minimum Gasteiger partial charge on any atom is -0.507 e. The van der Waals surface area contributed by atoms with Crippen LogP contribution in [0.5, 0.6) is 11.5 Å². The molecule has 0 unspecified atom stereocenters. The third-order valence-electron chi connectivity index (χ3n) is 8.24. The molecule has 0 aliphatic carbocycles. The van der Waals surface area contributed by atoms with Crippen molar-refractivity contribution in [3.05, 3.63) is 83.9 Å². The van der Waals surface area contributed by atoms with Gasteiger partial charge < -0.3 is 54.7 Å². The quantitative estimate of drug-likeness (QED) is 0.0567. The van der Waals surface area contributed by atoms with Gasteiger partial charge in [0, 0.05) is 41.3 Å². The summed E-state index contributed by atoms with van der Waals surface area (Å²) in [6.07, 6.45) is -8.69. The lowest BCUT2D eigenvalue weighted by molar-refractivity contribution is -0.322. The van der Waals surface area contributed by atoms with E-state index in [0.717, 1.165) is 12.3 Å². The van der Waals surface area contributed by atoms with E-state index in [1.54, 1.807) is 36.4 Å². The zero-order valence-corrected chi connectivity index (χ0v) is 27.1. The van der Waals surface area contributed by atoms with Crippen LogP contribution in [0.25, 0.3) is 21.5 Å². The van der Waals surface area contributed by atoms with E-state index in [-0.39, 0.29) is 24.6 Å². The van der Waals surface area contributed by atoms with Crippen molar-refractivity contribution in [3.8, 4) is 11.5 Å². The van der Waals surface area contributed by atoms with E-state index in [4.69, 9.17) is 18.9 Å². The van der Waals surface area contributed by atoms with Crippen LogP contribution in [0.1, 0.15) is 18.1 Å². The molecule has 4 aromatic carbocycles. The van der Waals surface area contributed by atoms with Gasteiger partial charge in [0.25, 0.3) is 0 Å². The van der Waals surface area contributed by atoms with Gasteiger partial charge in [-0.3, -0.25) is 14.8 Å². The van der Waals surface area contributed by atoms with Gasteiger partial charge in [0.15, 0.2) is 18.7 Å². The maximum Gasteiger partial charge on any atom is 0.303 e. The molecule has 5 rings (SSSR count). The van der Waals surface area contributed by atoms with Gasteiger partial charge in [-0.15, -0.1) is 0 Å². The average Bonchev–Trinajstić information content (AvgIpc) is 3.11. The fraction of sp³-hybridized carbons (Fsp3) is 0.361. The van der Waals surface area contributed by atoms with E-state index in [2.05, 4.69) is 9.98 Å². The molecule has 4 aromatic rings. The first kappa shape index (κ1) is 36.8. The molecular weight excluding hydrogens is 652 g/mol. The second-order valence-electron chi connectivity index (χ2n) is 11.7. The fourth-order valence-electron chi connectivity index (χ4n) is 5.74. The van der Waals surface area contributed by atoms with Crippen molar-refractivity contribution in [1.82, 2.24) is 0 Å². The molecule has 1 aliphatic heterocycles. The molecule has 1 heterocycles. The largest absolute Gasteiger partial charge is 0.507 e. The zero-order chi connectivity index (χ0) is 35.8. The van der Waals surface area contributed by atoms with Gasteiger partial charge >= 0.3 is 5.97 Å². The lowest BCUT2D eigenvalue weighted by atomic mass is 9.99. The van der Waals surface area contributed by atoms with Gasteiger partial charge in [-0.25, -0.2) is 0 Å². The van der Waals surface area contributed by atoms with Gasteiger partial charge in [0.05, 0.1) is 26.3 Å². The number of carbonyl (C=O) groups excluding carboxylic acids is 1. The second kappa shape index (κ2) is 16.9. The number of nitrogens with zero attached hydrogens (tertiary/aromatic N) is 2. The van der Waals surface area contributed by atoms with E-state index >= 15 is 0 Å². The van der Waals surface area contributed by atoms with Gasteiger partial charge in [-0.2, -0.15) is 0 Å². The Morgan fingerprint density at radius 3 is 1.86 bits per heavy atom. The lowest BCUT2D eigenvalue weighted by Gasteiger charge is -2.42. The van der Waals surface area contributed by atoms with Gasteiger partial charge in [-0.05, 0) is 35.0 Å². The smallest absolute Gasteiger partial charge is 0.303 e. The maximum atomic E-state index is 11.7. The van der Waals surface area contributed by atoms with E-state index in [1.165, 1.54) is 24.6 Å². The molecule has 14 heteroatoms. The molecule has 1 aliphatic rings. The summed E-state index contributed by atoms with van der Waals surface area (Å²) in [6, 6.07) is 20.8. The Hall–Kier alpha value is -4.51. The number of phenols is 2. The molecular formula is C36H40N2O12. The van der Waals surface area contributed by atoms with Crippen molar-refractivity contribution >= 4 is 39.9 Å². The average molecular weight is 693 g/mol. The number of fused-ring (bicyclic) bond motifs is 2. The molecule has 50 heavy (non-hydrogen) atoms. The van der Waals surface area contributed by atoms with Crippen LogP contribution in [-0.2, 0) is 23.7 Å². The van der Waals surface area contributed by atoms with Crippen molar-refractivity contribution in [2.24, 2.45) is 9.98 Å². The summed E-state index contributed by atoms with van der Waals surface area (Å²) >= 11 is 0. The highest BCUT2D eigenvalue weighted by atomic mass is 16.7. The third kappa shape index (κ3) is 8.61. The molecule has 0 spiro atoms. The number of aromatic hydroxyl groups is 2. The predicted octanol–water partition coefficient (Wildman–Crippen LogP) is 1.39. The Labute approximate surface area is 287 Å². The minimum absolute atomic E-state index is 0.0920. The molecule has 7 N–H and O–H groups in total. The summed E-state index contributed by atoms with van der Waals surface area (Å²) in [6.45, 7) is -0.764.